The van der Waals surface area contributed by atoms with Crippen molar-refractivity contribution in [3.8, 4) is 0 Å². The minimum atomic E-state index is -0.456. The molecular formula is C21H23N3O5. The Labute approximate surface area is 168 Å². The number of ether oxygens (including phenoxy) is 1. The molecule has 29 heavy (non-hydrogen) atoms. The van der Waals surface area contributed by atoms with Crippen LogP contribution in [0.5, 0.6) is 0 Å². The van der Waals surface area contributed by atoms with E-state index in [0.29, 0.717) is 11.3 Å². The molecule has 0 aromatic heterocycles. The van der Waals surface area contributed by atoms with Crippen LogP contribution < -0.4 is 10.6 Å². The molecule has 0 atom stereocenters. The molecule has 0 radical (unpaired) electrons. The number of esters is 1. The Hall–Kier alpha value is -3.68. The molecule has 2 aromatic carbocycles. The molecule has 0 fully saturated rings. The van der Waals surface area contributed by atoms with E-state index in [0.717, 1.165) is 22.9 Å². The van der Waals surface area contributed by atoms with Crippen molar-refractivity contribution in [2.45, 2.75) is 20.4 Å². The predicted molar refractivity (Wildman–Crippen MR) is 109 cm³/mol. The Bertz CT molecular complexity index is 907. The van der Waals surface area contributed by atoms with E-state index in [2.05, 4.69) is 20.5 Å². The van der Waals surface area contributed by atoms with E-state index in [1.807, 2.05) is 32.0 Å². The average molecular weight is 397 g/mol. The molecule has 0 aliphatic heterocycles. The molecule has 8 heteroatoms. The number of carbonyl (C=O) groups excluding carboxylic acids is 3. The van der Waals surface area contributed by atoms with Crippen molar-refractivity contribution in [2.24, 2.45) is 5.16 Å². The number of rotatable bonds is 8. The van der Waals surface area contributed by atoms with Crippen LogP contribution in [0.4, 0.5) is 5.69 Å². The fourth-order valence-corrected chi connectivity index (χ4v) is 2.43. The molecule has 2 N–H and O–H groups in total. The second-order valence-electron chi connectivity index (χ2n) is 6.28. The lowest BCUT2D eigenvalue weighted by Crippen LogP contribution is -2.26. The maximum atomic E-state index is 11.8. The van der Waals surface area contributed by atoms with Crippen LogP contribution in [0, 0.1) is 13.8 Å². The molecule has 0 aliphatic rings. The second kappa shape index (κ2) is 10.6. The minimum absolute atomic E-state index is 0.264. The van der Waals surface area contributed by atoms with Gasteiger partial charge in [-0.25, -0.2) is 4.79 Å². The summed E-state index contributed by atoms with van der Waals surface area (Å²) in [5, 5.41) is 8.84. The number of nitrogens with one attached hydrogen (secondary N) is 2. The Morgan fingerprint density at radius 3 is 2.45 bits per heavy atom. The van der Waals surface area contributed by atoms with Gasteiger partial charge < -0.3 is 20.2 Å². The molecule has 2 aromatic rings. The van der Waals surface area contributed by atoms with Gasteiger partial charge in [-0.2, -0.15) is 0 Å². The van der Waals surface area contributed by atoms with Gasteiger partial charge in [-0.3, -0.25) is 9.59 Å². The summed E-state index contributed by atoms with van der Waals surface area (Å²) < 4.78 is 4.62. The van der Waals surface area contributed by atoms with E-state index in [1.165, 1.54) is 7.11 Å². The highest BCUT2D eigenvalue weighted by Gasteiger charge is 2.06. The lowest BCUT2D eigenvalue weighted by Gasteiger charge is -2.07. The number of benzene rings is 2. The number of carbonyl (C=O) groups is 3. The smallest absolute Gasteiger partial charge is 0.337 e. The first-order chi connectivity index (χ1) is 13.9. The number of anilines is 1. The van der Waals surface area contributed by atoms with Crippen molar-refractivity contribution in [1.82, 2.24) is 5.32 Å². The number of aryl methyl sites for hydroxylation is 2. The zero-order valence-electron chi connectivity index (χ0n) is 16.5. The molecule has 0 saturated carbocycles. The van der Waals surface area contributed by atoms with Crippen molar-refractivity contribution >= 4 is 29.7 Å². The Morgan fingerprint density at radius 1 is 1.07 bits per heavy atom. The topological polar surface area (TPSA) is 106 Å². The summed E-state index contributed by atoms with van der Waals surface area (Å²) in [6.07, 6.45) is 0.970. The highest BCUT2D eigenvalue weighted by atomic mass is 16.6. The maximum absolute atomic E-state index is 11.8. The van der Waals surface area contributed by atoms with Gasteiger partial charge in [0.05, 0.1) is 12.7 Å². The van der Waals surface area contributed by atoms with Gasteiger partial charge in [0.15, 0.2) is 6.61 Å². The molecule has 2 amide bonds. The summed E-state index contributed by atoms with van der Waals surface area (Å²) in [5.74, 6) is -1.27. The lowest BCUT2D eigenvalue weighted by molar-refractivity contribution is -0.126. The molecule has 0 unspecified atom stereocenters. The third-order valence-corrected chi connectivity index (χ3v) is 3.94. The number of amides is 2. The SMILES string of the molecule is COC(=O)c1ccc(CNC(=O)CO/N=C\C(=O)Nc2ccc(C)cc2C)cc1. The average Bonchev–Trinajstić information content (AvgIpc) is 2.71. The van der Waals surface area contributed by atoms with Gasteiger partial charge in [-0.1, -0.05) is 35.0 Å². The summed E-state index contributed by atoms with van der Waals surface area (Å²) in [7, 11) is 1.31. The monoisotopic (exact) mass is 397 g/mol. The van der Waals surface area contributed by atoms with Gasteiger partial charge in [-0.15, -0.1) is 0 Å². The number of methoxy groups -OCH3 is 1. The van der Waals surface area contributed by atoms with Crippen molar-refractivity contribution in [2.75, 3.05) is 19.0 Å². The summed E-state index contributed by atoms with van der Waals surface area (Å²) in [5.41, 5.74) is 3.96. The largest absolute Gasteiger partial charge is 0.465 e. The van der Waals surface area contributed by atoms with Gasteiger partial charge >= 0.3 is 5.97 Å². The van der Waals surface area contributed by atoms with Crippen LogP contribution in [0.1, 0.15) is 27.0 Å². The summed E-state index contributed by atoms with van der Waals surface area (Å²) in [6.45, 7) is 3.80. The zero-order chi connectivity index (χ0) is 21.2. The molecule has 0 bridgehead atoms. The van der Waals surface area contributed by atoms with Crippen LogP contribution in [-0.4, -0.2) is 37.7 Å². The van der Waals surface area contributed by atoms with Crippen LogP contribution in [0.3, 0.4) is 0 Å². The molecular weight excluding hydrogens is 374 g/mol. The van der Waals surface area contributed by atoms with Crippen LogP contribution in [0.25, 0.3) is 0 Å². The molecule has 0 spiro atoms. The minimum Gasteiger partial charge on any atom is -0.465 e. The first kappa shape index (κ1) is 21.6. The van der Waals surface area contributed by atoms with Gasteiger partial charge in [0, 0.05) is 12.2 Å². The first-order valence-corrected chi connectivity index (χ1v) is 8.86. The number of hydrogen-bond acceptors (Lipinski definition) is 6. The Kier molecular flexibility index (Phi) is 7.90. The fraction of sp³-hybridized carbons (Fsp3) is 0.238. The zero-order valence-corrected chi connectivity index (χ0v) is 16.5. The van der Waals surface area contributed by atoms with Crippen molar-refractivity contribution in [1.29, 1.82) is 0 Å². The van der Waals surface area contributed by atoms with Crippen LogP contribution in [0.15, 0.2) is 47.6 Å². The first-order valence-electron chi connectivity index (χ1n) is 8.86. The van der Waals surface area contributed by atoms with Crippen LogP contribution in [0.2, 0.25) is 0 Å². The quantitative estimate of drug-likeness (QED) is 0.404. The van der Waals surface area contributed by atoms with E-state index in [-0.39, 0.29) is 13.2 Å². The Morgan fingerprint density at radius 2 is 1.79 bits per heavy atom. The van der Waals surface area contributed by atoms with E-state index < -0.39 is 17.8 Å². The molecule has 0 saturated heterocycles. The van der Waals surface area contributed by atoms with Crippen molar-refractivity contribution < 1.29 is 24.0 Å². The number of hydrogen-bond donors (Lipinski definition) is 2. The van der Waals surface area contributed by atoms with Crippen molar-refractivity contribution in [3.63, 3.8) is 0 Å². The maximum Gasteiger partial charge on any atom is 0.337 e. The van der Waals surface area contributed by atoms with E-state index in [4.69, 9.17) is 4.84 Å². The lowest BCUT2D eigenvalue weighted by atomic mass is 10.1. The highest BCUT2D eigenvalue weighted by Crippen LogP contribution is 2.15. The van der Waals surface area contributed by atoms with E-state index in [9.17, 15) is 14.4 Å². The summed E-state index contributed by atoms with van der Waals surface area (Å²) in [4.78, 5) is 39.8. The summed E-state index contributed by atoms with van der Waals surface area (Å²) >= 11 is 0. The molecule has 2 rings (SSSR count). The predicted octanol–water partition coefficient (Wildman–Crippen LogP) is 2.35. The molecule has 0 aliphatic carbocycles. The number of oxime groups is 1. The highest BCUT2D eigenvalue weighted by molar-refractivity contribution is 6.31. The third kappa shape index (κ3) is 7.10. The Balaban J connectivity index is 1.70. The van der Waals surface area contributed by atoms with Gasteiger partial charge in [0.1, 0.15) is 6.21 Å². The standard InChI is InChI=1S/C21H23N3O5/c1-14-4-9-18(15(2)10-14)24-19(25)12-23-29-13-20(26)22-11-16-5-7-17(8-6-16)21(27)28-3/h4-10,12H,11,13H2,1-3H3,(H,22,26)(H,24,25)/b23-12-. The normalized spacial score (nSPS) is 10.4. The van der Waals surface area contributed by atoms with Crippen LogP contribution >= 0.6 is 0 Å². The fourth-order valence-electron chi connectivity index (χ4n) is 2.43. The molecule has 0 heterocycles. The summed E-state index contributed by atoms with van der Waals surface area (Å²) in [6, 6.07) is 12.3. The van der Waals surface area contributed by atoms with Gasteiger partial charge in [0.25, 0.3) is 11.8 Å². The second-order valence-corrected chi connectivity index (χ2v) is 6.28. The third-order valence-electron chi connectivity index (χ3n) is 3.94. The van der Waals surface area contributed by atoms with E-state index >= 15 is 0 Å². The van der Waals surface area contributed by atoms with Gasteiger partial charge in [-0.05, 0) is 43.2 Å². The number of nitrogens with zero attached hydrogens (tertiary/aromatic N) is 1. The van der Waals surface area contributed by atoms with Crippen molar-refractivity contribution in [3.05, 3.63) is 64.7 Å². The van der Waals surface area contributed by atoms with Crippen LogP contribution in [-0.2, 0) is 25.7 Å². The van der Waals surface area contributed by atoms with Gasteiger partial charge in [0.2, 0.25) is 0 Å². The molecule has 8 nitrogen and oxygen atoms in total. The molecule has 152 valence electrons. The van der Waals surface area contributed by atoms with E-state index in [1.54, 1.807) is 24.3 Å².